The van der Waals surface area contributed by atoms with E-state index in [2.05, 4.69) is 5.92 Å². The number of carboxylic acids is 1. The molecule has 2 fully saturated rings. The first-order chi connectivity index (χ1) is 9.13. The molecule has 19 heavy (non-hydrogen) atoms. The summed E-state index contributed by atoms with van der Waals surface area (Å²) in [6.07, 6.45) is 7.57. The van der Waals surface area contributed by atoms with Crippen molar-refractivity contribution >= 4 is 23.8 Å². The summed E-state index contributed by atoms with van der Waals surface area (Å²) >= 11 is 1.57. The fourth-order valence-electron chi connectivity index (χ4n) is 2.15. The number of rotatable bonds is 4. The number of nitrogens with zero attached hydrogens (tertiary/aromatic N) is 2. The van der Waals surface area contributed by atoms with Crippen molar-refractivity contribution in [3.8, 4) is 12.3 Å². The molecule has 2 rings (SSSR count). The van der Waals surface area contributed by atoms with E-state index in [4.69, 9.17) is 6.42 Å². The molecule has 1 heterocycles. The van der Waals surface area contributed by atoms with Gasteiger partial charge in [0.1, 0.15) is 6.04 Å². The predicted molar refractivity (Wildman–Crippen MR) is 74.0 cm³/mol. The van der Waals surface area contributed by atoms with Crippen LogP contribution in [0.5, 0.6) is 0 Å². The molecule has 6 heteroatoms. The van der Waals surface area contributed by atoms with Crippen molar-refractivity contribution in [2.45, 2.75) is 18.9 Å². The van der Waals surface area contributed by atoms with Gasteiger partial charge in [-0.2, -0.15) is 11.8 Å². The van der Waals surface area contributed by atoms with Crippen LogP contribution in [0.1, 0.15) is 12.8 Å². The van der Waals surface area contributed by atoms with Crippen LogP contribution in [-0.2, 0) is 4.79 Å². The molecule has 0 spiro atoms. The molecule has 1 aliphatic carbocycles. The van der Waals surface area contributed by atoms with Gasteiger partial charge >= 0.3 is 12.0 Å². The monoisotopic (exact) mass is 282 g/mol. The number of hydrogen-bond donors (Lipinski definition) is 1. The average Bonchev–Trinajstić information content (AvgIpc) is 3.21. The highest BCUT2D eigenvalue weighted by molar-refractivity contribution is 7.99. The summed E-state index contributed by atoms with van der Waals surface area (Å²) in [7, 11) is 0. The summed E-state index contributed by atoms with van der Waals surface area (Å²) in [5.74, 6) is 3.33. The molecule has 5 nitrogen and oxygen atoms in total. The number of amides is 2. The van der Waals surface area contributed by atoms with Crippen molar-refractivity contribution in [2.75, 3.05) is 31.1 Å². The molecule has 0 bridgehead atoms. The van der Waals surface area contributed by atoms with Crippen LogP contribution in [0.25, 0.3) is 0 Å². The van der Waals surface area contributed by atoms with Gasteiger partial charge in [-0.25, -0.2) is 9.59 Å². The average molecular weight is 282 g/mol. The first kappa shape index (κ1) is 14.1. The van der Waals surface area contributed by atoms with Crippen LogP contribution in [0.15, 0.2) is 0 Å². The quantitative estimate of drug-likeness (QED) is 0.780. The largest absolute Gasteiger partial charge is 0.480 e. The summed E-state index contributed by atoms with van der Waals surface area (Å²) in [5, 5.41) is 9.20. The number of hydrogen-bond acceptors (Lipinski definition) is 3. The Morgan fingerprint density at radius 3 is 2.79 bits per heavy atom. The van der Waals surface area contributed by atoms with Crippen molar-refractivity contribution in [1.82, 2.24) is 9.80 Å². The van der Waals surface area contributed by atoms with E-state index >= 15 is 0 Å². The molecule has 1 unspecified atom stereocenters. The van der Waals surface area contributed by atoms with Gasteiger partial charge in [-0.15, -0.1) is 6.42 Å². The van der Waals surface area contributed by atoms with E-state index in [1.165, 1.54) is 4.90 Å². The smallest absolute Gasteiger partial charge is 0.327 e. The van der Waals surface area contributed by atoms with Gasteiger partial charge in [0.15, 0.2) is 0 Å². The maximum absolute atomic E-state index is 12.5. The first-order valence-electron chi connectivity index (χ1n) is 6.43. The fraction of sp³-hybridized carbons (Fsp3) is 0.692. The van der Waals surface area contributed by atoms with Gasteiger partial charge in [0.2, 0.25) is 0 Å². The number of carbonyl (C=O) groups excluding carboxylic acids is 1. The van der Waals surface area contributed by atoms with E-state index in [1.54, 1.807) is 16.7 Å². The molecule has 1 saturated carbocycles. The van der Waals surface area contributed by atoms with E-state index in [-0.39, 0.29) is 12.6 Å². The van der Waals surface area contributed by atoms with Crippen molar-refractivity contribution < 1.29 is 14.7 Å². The second-order valence-corrected chi connectivity index (χ2v) is 6.08. The second kappa shape index (κ2) is 6.20. The lowest BCUT2D eigenvalue weighted by atomic mass is 10.2. The molecular weight excluding hydrogens is 264 g/mol. The number of terminal acetylenes is 1. The van der Waals surface area contributed by atoms with Gasteiger partial charge in [0, 0.05) is 24.6 Å². The van der Waals surface area contributed by atoms with Crippen LogP contribution < -0.4 is 0 Å². The number of aliphatic carboxylic acids is 1. The van der Waals surface area contributed by atoms with Crippen molar-refractivity contribution in [3.05, 3.63) is 0 Å². The third kappa shape index (κ3) is 3.57. The fourth-order valence-corrected chi connectivity index (χ4v) is 3.19. The summed E-state index contributed by atoms with van der Waals surface area (Å²) in [4.78, 5) is 26.7. The van der Waals surface area contributed by atoms with Crippen molar-refractivity contribution in [1.29, 1.82) is 0 Å². The highest BCUT2D eigenvalue weighted by atomic mass is 32.2. The SMILES string of the molecule is C#CCN(CC1CC1)C(=O)N1CCSCC1C(=O)O. The van der Waals surface area contributed by atoms with Crippen molar-refractivity contribution in [3.63, 3.8) is 0 Å². The van der Waals surface area contributed by atoms with E-state index in [1.807, 2.05) is 0 Å². The minimum Gasteiger partial charge on any atom is -0.480 e. The van der Waals surface area contributed by atoms with Crippen LogP contribution in [0.4, 0.5) is 4.79 Å². The first-order valence-corrected chi connectivity index (χ1v) is 7.58. The number of carbonyl (C=O) groups is 2. The summed E-state index contributed by atoms with van der Waals surface area (Å²) in [6.45, 7) is 1.39. The zero-order valence-corrected chi connectivity index (χ0v) is 11.6. The zero-order chi connectivity index (χ0) is 13.8. The minimum atomic E-state index is -0.937. The number of thioether (sulfide) groups is 1. The third-order valence-corrected chi connectivity index (χ3v) is 4.41. The Hall–Kier alpha value is -1.35. The molecule has 2 amide bonds. The lowest BCUT2D eigenvalue weighted by Crippen LogP contribution is -2.55. The molecule has 0 aromatic carbocycles. The molecule has 1 saturated heterocycles. The van der Waals surface area contributed by atoms with Crippen LogP contribution in [0.3, 0.4) is 0 Å². The maximum atomic E-state index is 12.5. The van der Waals surface area contributed by atoms with Crippen LogP contribution in [0.2, 0.25) is 0 Å². The predicted octanol–water partition coefficient (Wildman–Crippen LogP) is 0.954. The van der Waals surface area contributed by atoms with E-state index < -0.39 is 12.0 Å². The molecule has 2 aliphatic rings. The topological polar surface area (TPSA) is 60.9 Å². The van der Waals surface area contributed by atoms with Crippen molar-refractivity contribution in [2.24, 2.45) is 5.92 Å². The number of urea groups is 1. The van der Waals surface area contributed by atoms with Gasteiger partial charge in [-0.3, -0.25) is 0 Å². The molecule has 1 atom stereocenters. The lowest BCUT2D eigenvalue weighted by molar-refractivity contribution is -0.141. The molecule has 104 valence electrons. The second-order valence-electron chi connectivity index (χ2n) is 4.93. The van der Waals surface area contributed by atoms with Crippen LogP contribution in [-0.4, -0.2) is 64.1 Å². The summed E-state index contributed by atoms with van der Waals surface area (Å²) in [6, 6.07) is -0.955. The van der Waals surface area contributed by atoms with Crippen LogP contribution in [0, 0.1) is 18.3 Å². The van der Waals surface area contributed by atoms with E-state index in [0.29, 0.717) is 24.8 Å². The van der Waals surface area contributed by atoms with E-state index in [0.717, 1.165) is 18.6 Å². The Morgan fingerprint density at radius 1 is 1.47 bits per heavy atom. The van der Waals surface area contributed by atoms with Gasteiger partial charge in [-0.1, -0.05) is 5.92 Å². The van der Waals surface area contributed by atoms with Crippen LogP contribution >= 0.6 is 11.8 Å². The standard InChI is InChI=1S/C13H18N2O3S/c1-2-5-14(8-10-3-4-10)13(18)15-6-7-19-9-11(15)12(16)17/h1,10-11H,3-9H2,(H,16,17). The highest BCUT2D eigenvalue weighted by Gasteiger charge is 2.36. The summed E-state index contributed by atoms with van der Waals surface area (Å²) in [5.41, 5.74) is 0. The van der Waals surface area contributed by atoms with E-state index in [9.17, 15) is 14.7 Å². The highest BCUT2D eigenvalue weighted by Crippen LogP contribution is 2.30. The maximum Gasteiger partial charge on any atom is 0.327 e. The lowest BCUT2D eigenvalue weighted by Gasteiger charge is -2.36. The van der Waals surface area contributed by atoms with Gasteiger partial charge in [0.25, 0.3) is 0 Å². The molecule has 1 N–H and O–H groups in total. The Bertz CT molecular complexity index is 403. The Kier molecular flexibility index (Phi) is 4.59. The van der Waals surface area contributed by atoms with Gasteiger partial charge < -0.3 is 14.9 Å². The van der Waals surface area contributed by atoms with Gasteiger partial charge in [0.05, 0.1) is 6.54 Å². The molecular formula is C13H18N2O3S. The molecule has 0 radical (unpaired) electrons. The third-order valence-electron chi connectivity index (χ3n) is 3.39. The van der Waals surface area contributed by atoms with Gasteiger partial charge in [-0.05, 0) is 18.8 Å². The Morgan fingerprint density at radius 2 is 2.21 bits per heavy atom. The molecule has 1 aliphatic heterocycles. The summed E-state index contributed by atoms with van der Waals surface area (Å²) < 4.78 is 0. The number of carboxylic acid groups (broad SMARTS) is 1. The molecule has 0 aromatic rings. The minimum absolute atomic E-state index is 0.224. The Labute approximate surface area is 117 Å². The molecule has 0 aromatic heterocycles. The normalized spacial score (nSPS) is 22.7. The zero-order valence-electron chi connectivity index (χ0n) is 10.7. The Balaban J connectivity index is 2.04.